The maximum Gasteiger partial charge on any atom is 0.265 e. The van der Waals surface area contributed by atoms with Crippen molar-refractivity contribution in [1.82, 2.24) is 4.90 Å². The lowest BCUT2D eigenvalue weighted by atomic mass is 9.91. The van der Waals surface area contributed by atoms with Crippen molar-refractivity contribution < 1.29 is 9.90 Å². The highest BCUT2D eigenvalue weighted by Crippen LogP contribution is 2.25. The van der Waals surface area contributed by atoms with Crippen LogP contribution in [0.15, 0.2) is 11.4 Å². The fourth-order valence-electron chi connectivity index (χ4n) is 2.57. The van der Waals surface area contributed by atoms with Crippen molar-refractivity contribution in [1.29, 1.82) is 0 Å². The molecule has 1 aromatic rings. The zero-order valence-corrected chi connectivity index (χ0v) is 12.4. The number of hydrogen-bond acceptors (Lipinski definition) is 4. The minimum absolute atomic E-state index is 0.0627. The van der Waals surface area contributed by atoms with E-state index in [-0.39, 0.29) is 18.5 Å². The van der Waals surface area contributed by atoms with Crippen LogP contribution in [0.1, 0.15) is 40.9 Å². The summed E-state index contributed by atoms with van der Waals surface area (Å²) in [6.45, 7) is 0.278. The number of amides is 1. The van der Waals surface area contributed by atoms with Gasteiger partial charge in [-0.2, -0.15) is 0 Å². The van der Waals surface area contributed by atoms with Gasteiger partial charge >= 0.3 is 0 Å². The third-order valence-electron chi connectivity index (χ3n) is 3.70. The van der Waals surface area contributed by atoms with E-state index in [1.807, 2.05) is 11.4 Å². The van der Waals surface area contributed by atoms with Crippen molar-refractivity contribution in [2.45, 2.75) is 37.8 Å². The van der Waals surface area contributed by atoms with Crippen molar-refractivity contribution in [2.75, 3.05) is 13.6 Å². The zero-order valence-electron chi connectivity index (χ0n) is 11.6. The first-order chi connectivity index (χ1) is 9.65. The van der Waals surface area contributed by atoms with E-state index in [1.54, 1.807) is 11.9 Å². The second-order valence-corrected chi connectivity index (χ2v) is 5.92. The number of hydrogen-bond donors (Lipinski definition) is 2. The molecule has 0 aliphatic heterocycles. The predicted molar refractivity (Wildman–Crippen MR) is 80.6 cm³/mol. The summed E-state index contributed by atoms with van der Waals surface area (Å²) < 4.78 is 0. The first-order valence-corrected chi connectivity index (χ1v) is 7.74. The largest absolute Gasteiger partial charge is 0.391 e. The molecule has 2 rings (SSSR count). The van der Waals surface area contributed by atoms with E-state index in [9.17, 15) is 9.90 Å². The van der Waals surface area contributed by atoms with Crippen molar-refractivity contribution in [3.8, 4) is 11.8 Å². The molecule has 3 N–H and O–H groups in total. The number of carbonyl (C=O) groups excluding carboxylic acids is 1. The third kappa shape index (κ3) is 3.21. The van der Waals surface area contributed by atoms with E-state index in [0.29, 0.717) is 4.88 Å². The average Bonchev–Trinajstić information content (AvgIpc) is 2.92. The van der Waals surface area contributed by atoms with Crippen molar-refractivity contribution in [2.24, 2.45) is 5.73 Å². The molecule has 1 heterocycles. The van der Waals surface area contributed by atoms with Crippen LogP contribution in [0.3, 0.4) is 0 Å². The number of carbonyl (C=O) groups is 1. The first-order valence-electron chi connectivity index (χ1n) is 6.86. The maximum atomic E-state index is 12.6. The molecular formula is C15H20N2O2S. The zero-order chi connectivity index (χ0) is 14.5. The van der Waals surface area contributed by atoms with Gasteiger partial charge in [-0.15, -0.1) is 11.3 Å². The highest BCUT2D eigenvalue weighted by Gasteiger charge is 2.30. The molecule has 1 aliphatic rings. The minimum Gasteiger partial charge on any atom is -0.391 e. The quantitative estimate of drug-likeness (QED) is 0.811. The fraction of sp³-hybridized carbons (Fsp3) is 0.533. The second-order valence-electron chi connectivity index (χ2n) is 5.00. The standard InChI is InChI=1S/C15H20N2O2S/c1-17(12-6-2-3-7-13(12)18)15(19)14-11(5-4-9-16)8-10-20-14/h8,10,12-13,18H,2-3,6-7,9,16H2,1H3. The average molecular weight is 292 g/mol. The van der Waals surface area contributed by atoms with E-state index >= 15 is 0 Å². The fourth-order valence-corrected chi connectivity index (χ4v) is 3.40. The SMILES string of the molecule is CN(C(=O)c1sccc1C#CCN)C1CCCCC1O. The van der Waals surface area contributed by atoms with Gasteiger partial charge in [-0.05, 0) is 24.3 Å². The van der Waals surface area contributed by atoms with E-state index in [0.717, 1.165) is 31.2 Å². The lowest BCUT2D eigenvalue weighted by Gasteiger charge is -2.35. The molecule has 5 heteroatoms. The Bertz CT molecular complexity index is 529. The summed E-state index contributed by atoms with van der Waals surface area (Å²) in [6, 6.07) is 1.75. The Kier molecular flexibility index (Phi) is 5.18. The number of likely N-dealkylation sites (N-methyl/N-ethyl adjacent to an activating group) is 1. The number of nitrogens with zero attached hydrogens (tertiary/aromatic N) is 1. The molecule has 1 fully saturated rings. The number of thiophene rings is 1. The molecule has 2 atom stereocenters. The van der Waals surface area contributed by atoms with Gasteiger partial charge in [0.25, 0.3) is 5.91 Å². The molecule has 1 aromatic heterocycles. The van der Waals surface area contributed by atoms with E-state index < -0.39 is 6.10 Å². The monoisotopic (exact) mass is 292 g/mol. The van der Waals surface area contributed by atoms with Crippen LogP contribution in [0.5, 0.6) is 0 Å². The molecule has 0 aromatic carbocycles. The summed E-state index contributed by atoms with van der Waals surface area (Å²) in [4.78, 5) is 14.9. The Balaban J connectivity index is 2.16. The summed E-state index contributed by atoms with van der Waals surface area (Å²) >= 11 is 1.39. The summed E-state index contributed by atoms with van der Waals surface area (Å²) in [6.07, 6.45) is 3.30. The summed E-state index contributed by atoms with van der Waals surface area (Å²) in [5, 5.41) is 11.9. The molecule has 108 valence electrons. The molecular weight excluding hydrogens is 272 g/mol. The van der Waals surface area contributed by atoms with Crippen LogP contribution in [-0.2, 0) is 0 Å². The van der Waals surface area contributed by atoms with Crippen LogP contribution in [0.4, 0.5) is 0 Å². The third-order valence-corrected chi connectivity index (χ3v) is 4.60. The first kappa shape index (κ1) is 15.0. The Hall–Kier alpha value is -1.35. The van der Waals surface area contributed by atoms with Crippen molar-refractivity contribution >= 4 is 17.2 Å². The van der Waals surface area contributed by atoms with Crippen molar-refractivity contribution in [3.05, 3.63) is 21.9 Å². The molecule has 0 spiro atoms. The van der Waals surface area contributed by atoms with Crippen LogP contribution in [0.2, 0.25) is 0 Å². The highest BCUT2D eigenvalue weighted by atomic mass is 32.1. The van der Waals surface area contributed by atoms with Crippen molar-refractivity contribution in [3.63, 3.8) is 0 Å². The number of aliphatic hydroxyl groups excluding tert-OH is 1. The molecule has 0 radical (unpaired) electrons. The van der Waals surface area contributed by atoms with Gasteiger partial charge in [0.15, 0.2) is 0 Å². The van der Waals surface area contributed by atoms with Crippen LogP contribution in [-0.4, -0.2) is 41.7 Å². The van der Waals surface area contributed by atoms with Gasteiger partial charge in [0, 0.05) is 12.6 Å². The Morgan fingerprint density at radius 2 is 2.30 bits per heavy atom. The minimum atomic E-state index is -0.420. The molecule has 1 saturated carbocycles. The van der Waals surface area contributed by atoms with Crippen LogP contribution in [0.25, 0.3) is 0 Å². The normalized spacial score (nSPS) is 21.9. The Labute approximate surface area is 123 Å². The van der Waals surface area contributed by atoms with Crippen LogP contribution >= 0.6 is 11.3 Å². The molecule has 20 heavy (non-hydrogen) atoms. The lowest BCUT2D eigenvalue weighted by molar-refractivity contribution is 0.0271. The number of aliphatic hydroxyl groups is 1. The maximum absolute atomic E-state index is 12.6. The summed E-state index contributed by atoms with van der Waals surface area (Å²) in [5.41, 5.74) is 6.09. The highest BCUT2D eigenvalue weighted by molar-refractivity contribution is 7.12. The van der Waals surface area contributed by atoms with E-state index in [1.165, 1.54) is 11.3 Å². The van der Waals surface area contributed by atoms with Gasteiger partial charge in [0.05, 0.1) is 18.7 Å². The van der Waals surface area contributed by atoms with Crippen LogP contribution < -0.4 is 5.73 Å². The summed E-state index contributed by atoms with van der Waals surface area (Å²) in [7, 11) is 1.77. The number of rotatable bonds is 2. The molecule has 1 aliphatic carbocycles. The van der Waals surface area contributed by atoms with E-state index in [4.69, 9.17) is 5.73 Å². The molecule has 4 nitrogen and oxygen atoms in total. The van der Waals surface area contributed by atoms with E-state index in [2.05, 4.69) is 11.8 Å². The lowest BCUT2D eigenvalue weighted by Crippen LogP contribution is -2.46. The number of nitrogens with two attached hydrogens (primary N) is 1. The van der Waals surface area contributed by atoms with Gasteiger partial charge in [0.2, 0.25) is 0 Å². The summed E-state index contributed by atoms with van der Waals surface area (Å²) in [5.74, 6) is 5.64. The van der Waals surface area contributed by atoms with Crippen LogP contribution in [0, 0.1) is 11.8 Å². The Morgan fingerprint density at radius 1 is 1.55 bits per heavy atom. The predicted octanol–water partition coefficient (Wildman–Crippen LogP) is 1.43. The van der Waals surface area contributed by atoms with Gasteiger partial charge in [-0.25, -0.2) is 0 Å². The van der Waals surface area contributed by atoms with Gasteiger partial charge in [0.1, 0.15) is 4.88 Å². The molecule has 1 amide bonds. The van der Waals surface area contributed by atoms with Gasteiger partial charge in [-0.1, -0.05) is 24.7 Å². The Morgan fingerprint density at radius 3 is 3.00 bits per heavy atom. The topological polar surface area (TPSA) is 66.6 Å². The molecule has 0 saturated heterocycles. The second kappa shape index (κ2) is 6.89. The smallest absolute Gasteiger partial charge is 0.265 e. The molecule has 2 unspecified atom stereocenters. The van der Waals surface area contributed by atoms with Gasteiger partial charge in [-0.3, -0.25) is 4.79 Å². The molecule has 0 bridgehead atoms. The van der Waals surface area contributed by atoms with Gasteiger partial charge < -0.3 is 15.7 Å².